The van der Waals surface area contributed by atoms with Crippen molar-refractivity contribution in [2.24, 2.45) is 0 Å². The molecule has 2 atom stereocenters. The fourth-order valence-corrected chi connectivity index (χ4v) is 3.59. The summed E-state index contributed by atoms with van der Waals surface area (Å²) in [5.74, 6) is -0.135. The van der Waals surface area contributed by atoms with Crippen molar-refractivity contribution in [3.8, 4) is 0 Å². The Bertz CT molecular complexity index is 563. The SMILES string of the molecule is Fc1ccccc1S[C@@H]1CCO[C@@H](c2ccncc2)C1. The highest BCUT2D eigenvalue weighted by Gasteiger charge is 2.25. The van der Waals surface area contributed by atoms with Gasteiger partial charge in [0.25, 0.3) is 0 Å². The predicted molar refractivity (Wildman–Crippen MR) is 78.2 cm³/mol. The second-order valence-corrected chi connectivity index (χ2v) is 6.18. The molecule has 0 bridgehead atoms. The van der Waals surface area contributed by atoms with Crippen LogP contribution in [0.4, 0.5) is 4.39 Å². The van der Waals surface area contributed by atoms with E-state index in [2.05, 4.69) is 4.98 Å². The van der Waals surface area contributed by atoms with Crippen LogP contribution < -0.4 is 0 Å². The van der Waals surface area contributed by atoms with Gasteiger partial charge in [-0.1, -0.05) is 12.1 Å². The Morgan fingerprint density at radius 3 is 2.75 bits per heavy atom. The summed E-state index contributed by atoms with van der Waals surface area (Å²) in [5.41, 5.74) is 1.15. The van der Waals surface area contributed by atoms with E-state index in [-0.39, 0.29) is 11.9 Å². The minimum absolute atomic E-state index is 0.0935. The van der Waals surface area contributed by atoms with E-state index in [0.29, 0.717) is 5.25 Å². The zero-order valence-corrected chi connectivity index (χ0v) is 11.9. The van der Waals surface area contributed by atoms with Crippen molar-refractivity contribution < 1.29 is 9.13 Å². The molecule has 104 valence electrons. The summed E-state index contributed by atoms with van der Waals surface area (Å²) in [6.45, 7) is 0.721. The number of benzene rings is 1. The largest absolute Gasteiger partial charge is 0.373 e. The molecule has 1 aliphatic heterocycles. The number of pyridine rings is 1. The second-order valence-electron chi connectivity index (χ2n) is 4.83. The van der Waals surface area contributed by atoms with E-state index in [4.69, 9.17) is 4.74 Å². The van der Waals surface area contributed by atoms with Crippen LogP contribution in [0.5, 0.6) is 0 Å². The average Bonchev–Trinajstić information content (AvgIpc) is 2.51. The molecular weight excluding hydrogens is 273 g/mol. The summed E-state index contributed by atoms with van der Waals surface area (Å²) in [7, 11) is 0. The third-order valence-electron chi connectivity index (χ3n) is 3.44. The molecule has 4 heteroatoms. The average molecular weight is 289 g/mol. The van der Waals surface area contributed by atoms with Gasteiger partial charge in [-0.15, -0.1) is 11.8 Å². The molecule has 20 heavy (non-hydrogen) atoms. The number of halogens is 1. The lowest BCUT2D eigenvalue weighted by molar-refractivity contribution is 0.0178. The third kappa shape index (κ3) is 3.19. The Balaban J connectivity index is 1.68. The van der Waals surface area contributed by atoms with Crippen molar-refractivity contribution in [1.82, 2.24) is 4.98 Å². The highest BCUT2D eigenvalue weighted by atomic mass is 32.2. The van der Waals surface area contributed by atoms with Crippen LogP contribution in [0.3, 0.4) is 0 Å². The van der Waals surface area contributed by atoms with Gasteiger partial charge in [-0.3, -0.25) is 4.98 Å². The van der Waals surface area contributed by atoms with Crippen LogP contribution in [0.1, 0.15) is 24.5 Å². The maximum Gasteiger partial charge on any atom is 0.136 e. The lowest BCUT2D eigenvalue weighted by atomic mass is 10.0. The number of thioether (sulfide) groups is 1. The van der Waals surface area contributed by atoms with Gasteiger partial charge in [0.1, 0.15) is 5.82 Å². The van der Waals surface area contributed by atoms with Gasteiger partial charge < -0.3 is 4.74 Å². The number of ether oxygens (including phenoxy) is 1. The maximum absolute atomic E-state index is 13.7. The topological polar surface area (TPSA) is 22.1 Å². The smallest absolute Gasteiger partial charge is 0.136 e. The molecule has 0 spiro atoms. The van der Waals surface area contributed by atoms with Gasteiger partial charge in [0.05, 0.1) is 6.10 Å². The molecule has 0 saturated carbocycles. The van der Waals surface area contributed by atoms with Gasteiger partial charge in [0.15, 0.2) is 0 Å². The number of hydrogen-bond donors (Lipinski definition) is 0. The summed E-state index contributed by atoms with van der Waals surface area (Å²) in [4.78, 5) is 4.76. The fraction of sp³-hybridized carbons (Fsp3) is 0.312. The molecule has 2 aromatic rings. The van der Waals surface area contributed by atoms with Crippen LogP contribution in [0.15, 0.2) is 53.7 Å². The molecule has 0 radical (unpaired) electrons. The highest BCUT2D eigenvalue weighted by Crippen LogP contribution is 2.37. The Kier molecular flexibility index (Phi) is 4.33. The van der Waals surface area contributed by atoms with Crippen molar-refractivity contribution in [2.45, 2.75) is 29.1 Å². The molecule has 0 amide bonds. The summed E-state index contributed by atoms with van der Waals surface area (Å²) in [6, 6.07) is 10.9. The van der Waals surface area contributed by atoms with Crippen molar-refractivity contribution >= 4 is 11.8 Å². The van der Waals surface area contributed by atoms with E-state index in [9.17, 15) is 4.39 Å². The molecule has 0 N–H and O–H groups in total. The summed E-state index contributed by atoms with van der Waals surface area (Å²) >= 11 is 1.62. The molecule has 2 heterocycles. The first-order chi connectivity index (χ1) is 9.83. The van der Waals surface area contributed by atoms with E-state index in [0.717, 1.165) is 29.9 Å². The van der Waals surface area contributed by atoms with Gasteiger partial charge in [-0.2, -0.15) is 0 Å². The van der Waals surface area contributed by atoms with E-state index < -0.39 is 0 Å². The van der Waals surface area contributed by atoms with Crippen LogP contribution in [0.2, 0.25) is 0 Å². The monoisotopic (exact) mass is 289 g/mol. The number of nitrogens with zero attached hydrogens (tertiary/aromatic N) is 1. The minimum Gasteiger partial charge on any atom is -0.373 e. The Morgan fingerprint density at radius 2 is 1.95 bits per heavy atom. The van der Waals surface area contributed by atoms with Crippen LogP contribution in [0.25, 0.3) is 0 Å². The predicted octanol–water partition coefficient (Wildman–Crippen LogP) is 4.23. The van der Waals surface area contributed by atoms with Crippen LogP contribution in [-0.2, 0) is 4.74 Å². The first kappa shape index (κ1) is 13.6. The molecule has 1 fully saturated rings. The minimum atomic E-state index is -0.135. The van der Waals surface area contributed by atoms with E-state index in [1.165, 1.54) is 6.07 Å². The first-order valence-electron chi connectivity index (χ1n) is 6.75. The lowest BCUT2D eigenvalue weighted by Gasteiger charge is -2.29. The van der Waals surface area contributed by atoms with E-state index in [1.54, 1.807) is 30.2 Å². The quantitative estimate of drug-likeness (QED) is 0.844. The number of hydrogen-bond acceptors (Lipinski definition) is 3. The normalized spacial score (nSPS) is 22.6. The standard InChI is InChI=1S/C16H16FNOS/c17-14-3-1-2-4-16(14)20-13-7-10-19-15(11-13)12-5-8-18-9-6-12/h1-6,8-9,13,15H,7,10-11H2/t13-,15-/m1/s1. The fourth-order valence-electron chi connectivity index (χ4n) is 2.40. The van der Waals surface area contributed by atoms with Crippen molar-refractivity contribution in [3.63, 3.8) is 0 Å². The molecule has 1 saturated heterocycles. The molecule has 0 aliphatic carbocycles. The maximum atomic E-state index is 13.7. The molecular formula is C16H16FNOS. The van der Waals surface area contributed by atoms with Crippen LogP contribution >= 0.6 is 11.8 Å². The van der Waals surface area contributed by atoms with Crippen molar-refractivity contribution in [2.75, 3.05) is 6.61 Å². The molecule has 2 nitrogen and oxygen atoms in total. The Hall–Kier alpha value is -1.39. The molecule has 3 rings (SSSR count). The zero-order valence-electron chi connectivity index (χ0n) is 11.0. The van der Waals surface area contributed by atoms with Gasteiger partial charge in [0.2, 0.25) is 0 Å². The van der Waals surface area contributed by atoms with Crippen molar-refractivity contribution in [1.29, 1.82) is 0 Å². The van der Waals surface area contributed by atoms with Crippen LogP contribution in [0, 0.1) is 5.82 Å². The van der Waals surface area contributed by atoms with Crippen molar-refractivity contribution in [3.05, 3.63) is 60.2 Å². The third-order valence-corrected chi connectivity index (χ3v) is 4.79. The molecule has 0 unspecified atom stereocenters. The first-order valence-corrected chi connectivity index (χ1v) is 7.63. The summed E-state index contributed by atoms with van der Waals surface area (Å²) < 4.78 is 19.5. The van der Waals surface area contributed by atoms with Gasteiger partial charge in [-0.25, -0.2) is 4.39 Å². The lowest BCUT2D eigenvalue weighted by Crippen LogP contribution is -2.21. The Labute approximate surface area is 122 Å². The molecule has 1 aliphatic rings. The summed E-state index contributed by atoms with van der Waals surface area (Å²) in [6.07, 6.45) is 5.53. The second kappa shape index (κ2) is 6.37. The van der Waals surface area contributed by atoms with E-state index >= 15 is 0 Å². The number of aromatic nitrogens is 1. The van der Waals surface area contributed by atoms with Gasteiger partial charge in [-0.05, 0) is 42.7 Å². The van der Waals surface area contributed by atoms with Gasteiger partial charge in [0, 0.05) is 29.1 Å². The zero-order chi connectivity index (χ0) is 13.8. The summed E-state index contributed by atoms with van der Waals surface area (Å²) in [5, 5.41) is 0.388. The Morgan fingerprint density at radius 1 is 1.15 bits per heavy atom. The molecule has 1 aromatic carbocycles. The highest BCUT2D eigenvalue weighted by molar-refractivity contribution is 8.00. The van der Waals surface area contributed by atoms with E-state index in [1.807, 2.05) is 24.3 Å². The van der Waals surface area contributed by atoms with Gasteiger partial charge >= 0.3 is 0 Å². The number of rotatable bonds is 3. The van der Waals surface area contributed by atoms with Crippen LogP contribution in [-0.4, -0.2) is 16.8 Å². The molecule has 1 aromatic heterocycles.